The van der Waals surface area contributed by atoms with Crippen LogP contribution >= 0.6 is 0 Å². The lowest BCUT2D eigenvalue weighted by atomic mass is 10.2. The van der Waals surface area contributed by atoms with Gasteiger partial charge in [0.2, 0.25) is 0 Å². The predicted molar refractivity (Wildman–Crippen MR) is 68.1 cm³/mol. The van der Waals surface area contributed by atoms with Crippen LogP contribution in [-0.4, -0.2) is 28.5 Å². The van der Waals surface area contributed by atoms with Crippen molar-refractivity contribution >= 4 is 11.0 Å². The van der Waals surface area contributed by atoms with Crippen LogP contribution < -0.4 is 10.4 Å². The Morgan fingerprint density at radius 1 is 1.11 bits per heavy atom. The van der Waals surface area contributed by atoms with Gasteiger partial charge < -0.3 is 19.4 Å². The molecule has 1 aliphatic carbocycles. The topological polar surface area (TPSA) is 79.9 Å². The van der Waals surface area contributed by atoms with Gasteiger partial charge in [-0.1, -0.05) is 0 Å². The maximum Gasteiger partial charge on any atom is 0.336 e. The van der Waals surface area contributed by atoms with E-state index in [9.17, 15) is 15.0 Å². The van der Waals surface area contributed by atoms with Crippen LogP contribution in [-0.2, 0) is 0 Å². The van der Waals surface area contributed by atoms with Crippen LogP contribution in [0.25, 0.3) is 11.0 Å². The van der Waals surface area contributed by atoms with Crippen LogP contribution in [0.1, 0.15) is 12.8 Å². The lowest BCUT2D eigenvalue weighted by molar-refractivity contribution is 0.0438. The van der Waals surface area contributed by atoms with Crippen LogP contribution in [0, 0.1) is 0 Å². The molecule has 2 atom stereocenters. The number of fused-ring (bicyclic) bond motifs is 1. The van der Waals surface area contributed by atoms with E-state index < -0.39 is 17.8 Å². The van der Waals surface area contributed by atoms with Gasteiger partial charge in [0.05, 0.1) is 12.2 Å². The summed E-state index contributed by atoms with van der Waals surface area (Å²) in [5.74, 6) is 0.563. The molecule has 1 fully saturated rings. The van der Waals surface area contributed by atoms with Crippen molar-refractivity contribution < 1.29 is 19.4 Å². The minimum atomic E-state index is -0.733. The fourth-order valence-corrected chi connectivity index (χ4v) is 2.35. The molecule has 0 spiro atoms. The van der Waals surface area contributed by atoms with Gasteiger partial charge in [0.25, 0.3) is 0 Å². The molecule has 2 N–H and O–H groups in total. The van der Waals surface area contributed by atoms with E-state index in [2.05, 4.69) is 0 Å². The van der Waals surface area contributed by atoms with Gasteiger partial charge in [0.15, 0.2) is 0 Å². The summed E-state index contributed by atoms with van der Waals surface area (Å²) in [6.07, 6.45) is -0.889. The second-order valence-electron chi connectivity index (χ2n) is 4.80. The molecular weight excluding hydrogens is 248 g/mol. The highest BCUT2D eigenvalue weighted by Gasteiger charge is 2.32. The average Bonchev–Trinajstić information content (AvgIpc) is 2.67. The lowest BCUT2D eigenvalue weighted by Crippen LogP contribution is -2.17. The third-order valence-corrected chi connectivity index (χ3v) is 3.35. The highest BCUT2D eigenvalue weighted by Crippen LogP contribution is 2.27. The van der Waals surface area contributed by atoms with Crippen LogP contribution in [0.4, 0.5) is 0 Å². The fourth-order valence-electron chi connectivity index (χ4n) is 2.35. The highest BCUT2D eigenvalue weighted by atomic mass is 16.5. The van der Waals surface area contributed by atoms with Crippen molar-refractivity contribution in [3.05, 3.63) is 40.8 Å². The van der Waals surface area contributed by atoms with Crippen LogP contribution in [0.15, 0.2) is 39.5 Å². The molecule has 0 saturated heterocycles. The number of hydrogen-bond donors (Lipinski definition) is 2. The normalized spacial score (nSPS) is 23.9. The van der Waals surface area contributed by atoms with Gasteiger partial charge in [-0.3, -0.25) is 0 Å². The largest absolute Gasteiger partial charge is 0.490 e. The Labute approximate surface area is 109 Å². The number of hydrogen-bond acceptors (Lipinski definition) is 5. The summed E-state index contributed by atoms with van der Waals surface area (Å²) in [5, 5.41) is 19.7. The first-order valence-corrected chi connectivity index (χ1v) is 6.18. The van der Waals surface area contributed by atoms with E-state index in [0.29, 0.717) is 24.2 Å². The lowest BCUT2D eigenvalue weighted by Gasteiger charge is -2.13. The van der Waals surface area contributed by atoms with Crippen LogP contribution in [0.5, 0.6) is 5.75 Å². The Morgan fingerprint density at radius 3 is 2.53 bits per heavy atom. The summed E-state index contributed by atoms with van der Waals surface area (Å²) in [6, 6.07) is 8.28. The third-order valence-electron chi connectivity index (χ3n) is 3.35. The van der Waals surface area contributed by atoms with E-state index >= 15 is 0 Å². The average molecular weight is 262 g/mol. The molecule has 0 aliphatic heterocycles. The van der Waals surface area contributed by atoms with Gasteiger partial charge in [0.1, 0.15) is 17.4 Å². The van der Waals surface area contributed by atoms with E-state index in [0.717, 1.165) is 5.39 Å². The Morgan fingerprint density at radius 2 is 1.79 bits per heavy atom. The van der Waals surface area contributed by atoms with E-state index in [-0.39, 0.29) is 6.10 Å². The van der Waals surface area contributed by atoms with Gasteiger partial charge in [0, 0.05) is 30.4 Å². The van der Waals surface area contributed by atoms with Crippen LogP contribution in [0.3, 0.4) is 0 Å². The van der Waals surface area contributed by atoms with Crippen molar-refractivity contribution in [2.45, 2.75) is 31.2 Å². The highest BCUT2D eigenvalue weighted by molar-refractivity contribution is 5.77. The molecule has 3 rings (SSSR count). The first kappa shape index (κ1) is 12.2. The summed E-state index contributed by atoms with van der Waals surface area (Å²) in [5.41, 5.74) is 0.0560. The molecule has 2 aromatic rings. The molecule has 5 heteroatoms. The van der Waals surface area contributed by atoms with Crippen molar-refractivity contribution in [1.82, 2.24) is 0 Å². The zero-order chi connectivity index (χ0) is 13.4. The summed E-state index contributed by atoms with van der Waals surface area (Å²) in [7, 11) is 0. The molecular formula is C14H14O5. The van der Waals surface area contributed by atoms with Crippen molar-refractivity contribution in [2.75, 3.05) is 0 Å². The molecule has 0 amide bonds. The molecule has 1 heterocycles. The first-order valence-electron chi connectivity index (χ1n) is 6.18. The maximum absolute atomic E-state index is 11.2. The summed E-state index contributed by atoms with van der Waals surface area (Å²) < 4.78 is 10.8. The number of aliphatic hydroxyl groups excluding tert-OH is 2. The van der Waals surface area contributed by atoms with Gasteiger partial charge in [-0.2, -0.15) is 0 Å². The number of rotatable bonds is 2. The van der Waals surface area contributed by atoms with Gasteiger partial charge in [-0.15, -0.1) is 0 Å². The Hall–Kier alpha value is -1.85. The Bertz CT molecular complexity index is 638. The van der Waals surface area contributed by atoms with E-state index in [1.54, 1.807) is 24.3 Å². The second kappa shape index (κ2) is 4.68. The minimum absolute atomic E-state index is 0.224. The van der Waals surface area contributed by atoms with Gasteiger partial charge >= 0.3 is 5.63 Å². The SMILES string of the molecule is O=c1ccc2ccc(OC3C[C@H](O)[C@@H](O)C3)cc2o1. The van der Waals surface area contributed by atoms with Crippen molar-refractivity contribution in [1.29, 1.82) is 0 Å². The van der Waals surface area contributed by atoms with Crippen molar-refractivity contribution in [3.8, 4) is 5.75 Å². The minimum Gasteiger partial charge on any atom is -0.490 e. The Balaban J connectivity index is 1.83. The third kappa shape index (κ3) is 2.47. The summed E-state index contributed by atoms with van der Waals surface area (Å²) in [6.45, 7) is 0. The first-order chi connectivity index (χ1) is 9.11. The van der Waals surface area contributed by atoms with Crippen molar-refractivity contribution in [3.63, 3.8) is 0 Å². The summed E-state index contributed by atoms with van der Waals surface area (Å²) >= 11 is 0. The molecule has 100 valence electrons. The molecule has 1 aliphatic rings. The maximum atomic E-state index is 11.2. The van der Waals surface area contributed by atoms with E-state index in [1.165, 1.54) is 6.07 Å². The Kier molecular flexibility index (Phi) is 3.00. The predicted octanol–water partition coefficient (Wildman–Crippen LogP) is 1.06. The summed E-state index contributed by atoms with van der Waals surface area (Å²) in [4.78, 5) is 11.2. The van der Waals surface area contributed by atoms with Gasteiger partial charge in [-0.05, 0) is 18.2 Å². The van der Waals surface area contributed by atoms with Crippen molar-refractivity contribution in [2.24, 2.45) is 0 Å². The monoisotopic (exact) mass is 262 g/mol. The fraction of sp³-hybridized carbons (Fsp3) is 0.357. The second-order valence-corrected chi connectivity index (χ2v) is 4.80. The number of benzene rings is 1. The molecule has 0 bridgehead atoms. The quantitative estimate of drug-likeness (QED) is 0.791. The van der Waals surface area contributed by atoms with E-state index in [1.807, 2.05) is 0 Å². The van der Waals surface area contributed by atoms with Crippen LogP contribution in [0.2, 0.25) is 0 Å². The van der Waals surface area contributed by atoms with E-state index in [4.69, 9.17) is 9.15 Å². The molecule has 0 radical (unpaired) electrons. The molecule has 1 saturated carbocycles. The smallest absolute Gasteiger partial charge is 0.336 e. The standard InChI is InChI=1S/C14H14O5/c15-11-5-10(6-12(11)16)18-9-3-1-8-2-4-14(17)19-13(8)7-9/h1-4,7,10-12,15-16H,5-6H2/t11-,12-/m0/s1. The molecule has 1 aromatic heterocycles. The molecule has 0 unspecified atom stereocenters. The van der Waals surface area contributed by atoms with Gasteiger partial charge in [-0.25, -0.2) is 4.79 Å². The number of ether oxygens (including phenoxy) is 1. The zero-order valence-electron chi connectivity index (χ0n) is 10.2. The number of aliphatic hydroxyl groups is 2. The molecule has 1 aromatic carbocycles. The molecule has 5 nitrogen and oxygen atoms in total. The molecule has 19 heavy (non-hydrogen) atoms. The zero-order valence-corrected chi connectivity index (χ0v) is 10.2.